The molecule has 1 atom stereocenters. The summed E-state index contributed by atoms with van der Waals surface area (Å²) in [5.74, 6) is 0.425. The molecule has 19 heavy (non-hydrogen) atoms. The Morgan fingerprint density at radius 1 is 1.42 bits per heavy atom. The molecule has 0 aliphatic rings. The van der Waals surface area contributed by atoms with Gasteiger partial charge in [0.25, 0.3) is 0 Å². The van der Waals surface area contributed by atoms with Crippen molar-refractivity contribution >= 4 is 44.0 Å². The molecule has 5 nitrogen and oxygen atoms in total. The molecule has 9 heteroatoms. The minimum absolute atomic E-state index is 0.0446. The summed E-state index contributed by atoms with van der Waals surface area (Å²) in [6.07, 6.45) is 1.76. The topological polar surface area (TPSA) is 76.1 Å². The van der Waals surface area contributed by atoms with Gasteiger partial charge in [0.15, 0.2) is 0 Å². The highest BCUT2D eigenvalue weighted by Crippen LogP contribution is 2.19. The van der Waals surface area contributed by atoms with E-state index in [0.29, 0.717) is 22.2 Å². The molecule has 0 unspecified atom stereocenters. The van der Waals surface area contributed by atoms with Crippen LogP contribution in [0.15, 0.2) is 12.3 Å². The third kappa shape index (κ3) is 6.18. The second kappa shape index (κ2) is 7.54. The summed E-state index contributed by atoms with van der Waals surface area (Å²) >= 11 is 11.6. The van der Waals surface area contributed by atoms with Crippen LogP contribution in [-0.2, 0) is 26.6 Å². The first-order valence-corrected chi connectivity index (χ1v) is 9.30. The van der Waals surface area contributed by atoms with Crippen molar-refractivity contribution in [1.82, 2.24) is 9.71 Å². The van der Waals surface area contributed by atoms with Gasteiger partial charge in [0.05, 0.1) is 27.2 Å². The Morgan fingerprint density at radius 2 is 2.11 bits per heavy atom. The average molecular weight is 345 g/mol. The summed E-state index contributed by atoms with van der Waals surface area (Å²) in [6, 6.07) is 1.54. The van der Waals surface area contributed by atoms with Crippen LogP contribution in [0.5, 0.6) is 0 Å². The largest absolute Gasteiger partial charge is 0.259 e. The molecule has 1 rings (SSSR count). The van der Waals surface area contributed by atoms with Crippen LogP contribution in [0.2, 0.25) is 10.0 Å². The molecule has 0 spiro atoms. The minimum atomic E-state index is -3.25. The third-order valence-corrected chi connectivity index (χ3v) is 5.60. The Bertz CT molecular complexity index is 564. The van der Waals surface area contributed by atoms with E-state index in [2.05, 4.69) is 9.71 Å². The predicted octanol–water partition coefficient (Wildman–Crippen LogP) is 1.58. The fraction of sp³-hybridized carbons (Fsp3) is 0.500. The van der Waals surface area contributed by atoms with Crippen molar-refractivity contribution in [3.05, 3.63) is 28.0 Å². The Hall–Kier alpha value is -0.210. The van der Waals surface area contributed by atoms with Gasteiger partial charge in [-0.3, -0.25) is 9.19 Å². The van der Waals surface area contributed by atoms with Gasteiger partial charge >= 0.3 is 0 Å². The maximum atomic E-state index is 11.8. The van der Waals surface area contributed by atoms with Gasteiger partial charge in [-0.25, -0.2) is 13.1 Å². The van der Waals surface area contributed by atoms with E-state index in [0.717, 1.165) is 0 Å². The first kappa shape index (κ1) is 16.8. The molecule has 0 amide bonds. The molecule has 0 radical (unpaired) electrons. The average Bonchev–Trinajstić information content (AvgIpc) is 2.32. The highest BCUT2D eigenvalue weighted by molar-refractivity contribution is 7.89. The smallest absolute Gasteiger partial charge is 0.211 e. The number of pyridine rings is 1. The van der Waals surface area contributed by atoms with E-state index in [1.54, 1.807) is 0 Å². The summed E-state index contributed by atoms with van der Waals surface area (Å²) in [5, 5.41) is 0.781. The van der Waals surface area contributed by atoms with Crippen LogP contribution in [0.1, 0.15) is 12.1 Å². The summed E-state index contributed by atoms with van der Waals surface area (Å²) in [6.45, 7) is 0. The molecule has 108 valence electrons. The number of halogens is 2. The monoisotopic (exact) mass is 344 g/mol. The molecule has 0 saturated carbocycles. The van der Waals surface area contributed by atoms with Crippen LogP contribution < -0.4 is 4.72 Å². The lowest BCUT2D eigenvalue weighted by molar-refractivity contribution is 0.587. The first-order valence-electron chi connectivity index (χ1n) is 5.40. The van der Waals surface area contributed by atoms with Crippen molar-refractivity contribution in [2.24, 2.45) is 0 Å². The zero-order chi connectivity index (χ0) is 14.5. The quantitative estimate of drug-likeness (QED) is 0.814. The normalized spacial score (nSPS) is 13.4. The molecule has 1 aromatic rings. The number of nitrogens with zero attached hydrogens (tertiary/aromatic N) is 1. The summed E-state index contributed by atoms with van der Waals surface area (Å²) < 4.78 is 36.3. The van der Waals surface area contributed by atoms with Crippen LogP contribution in [0, 0.1) is 0 Å². The molecule has 0 saturated heterocycles. The van der Waals surface area contributed by atoms with Crippen molar-refractivity contribution < 1.29 is 12.6 Å². The van der Waals surface area contributed by atoms with Gasteiger partial charge in [-0.05, 0) is 19.5 Å². The second-order valence-corrected chi connectivity index (χ2v) is 8.21. The van der Waals surface area contributed by atoms with E-state index in [4.69, 9.17) is 23.2 Å². The highest BCUT2D eigenvalue weighted by Gasteiger charge is 2.11. The van der Waals surface area contributed by atoms with Crippen molar-refractivity contribution in [1.29, 1.82) is 0 Å². The zero-order valence-corrected chi connectivity index (χ0v) is 13.4. The first-order chi connectivity index (χ1) is 8.84. The number of aromatic nitrogens is 1. The number of rotatable bonds is 7. The van der Waals surface area contributed by atoms with Crippen LogP contribution in [0.3, 0.4) is 0 Å². The SMILES string of the molecule is CNS(=O)(=O)CCC[S@@](=O)Cc1ncc(Cl)cc1Cl. The molecule has 0 bridgehead atoms. The molecule has 0 aromatic carbocycles. The van der Waals surface area contributed by atoms with Gasteiger partial charge in [0.2, 0.25) is 10.0 Å². The number of nitrogens with one attached hydrogen (secondary N) is 1. The van der Waals surface area contributed by atoms with E-state index in [-0.39, 0.29) is 17.3 Å². The Labute approximate surface area is 125 Å². The van der Waals surface area contributed by atoms with Gasteiger partial charge < -0.3 is 0 Å². The molecule has 1 heterocycles. The van der Waals surface area contributed by atoms with Crippen molar-refractivity contribution in [3.63, 3.8) is 0 Å². The number of hydrogen-bond acceptors (Lipinski definition) is 4. The summed E-state index contributed by atoms with van der Waals surface area (Å²) in [7, 11) is -3.10. The molecule has 0 aliphatic carbocycles. The lowest BCUT2D eigenvalue weighted by Gasteiger charge is -2.05. The minimum Gasteiger partial charge on any atom is -0.259 e. The predicted molar refractivity (Wildman–Crippen MR) is 78.4 cm³/mol. The van der Waals surface area contributed by atoms with Crippen LogP contribution >= 0.6 is 23.2 Å². The van der Waals surface area contributed by atoms with E-state index in [9.17, 15) is 12.6 Å². The van der Waals surface area contributed by atoms with E-state index in [1.807, 2.05) is 0 Å². The fourth-order valence-electron chi connectivity index (χ4n) is 1.29. The van der Waals surface area contributed by atoms with Gasteiger partial charge in [-0.2, -0.15) is 0 Å². The summed E-state index contributed by atoms with van der Waals surface area (Å²) in [5.41, 5.74) is 0.501. The van der Waals surface area contributed by atoms with E-state index >= 15 is 0 Å². The zero-order valence-electron chi connectivity index (χ0n) is 10.2. The van der Waals surface area contributed by atoms with Crippen molar-refractivity contribution in [2.45, 2.75) is 12.2 Å². The maximum Gasteiger partial charge on any atom is 0.211 e. The molecule has 1 aromatic heterocycles. The summed E-state index contributed by atoms with van der Waals surface area (Å²) in [4.78, 5) is 4.00. The molecule has 0 aliphatic heterocycles. The van der Waals surface area contributed by atoms with Crippen LogP contribution in [0.4, 0.5) is 0 Å². The molecule has 1 N–H and O–H groups in total. The highest BCUT2D eigenvalue weighted by atomic mass is 35.5. The van der Waals surface area contributed by atoms with Crippen molar-refractivity contribution in [3.8, 4) is 0 Å². The van der Waals surface area contributed by atoms with Gasteiger partial charge in [-0.15, -0.1) is 0 Å². The Balaban J connectivity index is 2.48. The number of sulfonamides is 1. The molecular weight excluding hydrogens is 331 g/mol. The van der Waals surface area contributed by atoms with E-state index in [1.165, 1.54) is 19.3 Å². The lowest BCUT2D eigenvalue weighted by Crippen LogP contribution is -2.23. The van der Waals surface area contributed by atoms with Gasteiger partial charge in [-0.1, -0.05) is 23.2 Å². The van der Waals surface area contributed by atoms with Gasteiger partial charge in [0.1, 0.15) is 0 Å². The molecular formula is C10H14Cl2N2O3S2. The maximum absolute atomic E-state index is 11.8. The fourth-order valence-corrected chi connectivity index (χ4v) is 3.87. The van der Waals surface area contributed by atoms with E-state index < -0.39 is 20.8 Å². The molecule has 0 fully saturated rings. The number of hydrogen-bond donors (Lipinski definition) is 1. The van der Waals surface area contributed by atoms with Gasteiger partial charge in [0, 0.05) is 22.7 Å². The van der Waals surface area contributed by atoms with Crippen LogP contribution in [-0.4, -0.2) is 36.2 Å². The second-order valence-electron chi connectivity index (χ2n) is 3.75. The van der Waals surface area contributed by atoms with Crippen LogP contribution in [0.25, 0.3) is 0 Å². The standard InChI is InChI=1S/C10H14Cl2N2O3S2/c1-13-19(16,17)4-2-3-18(15)7-10-9(12)5-8(11)6-14-10/h5-6,13H,2-4,7H2,1H3/t18-/m1/s1. The van der Waals surface area contributed by atoms with Crippen molar-refractivity contribution in [2.75, 3.05) is 18.6 Å². The lowest BCUT2D eigenvalue weighted by atomic mass is 10.4. The Morgan fingerprint density at radius 3 is 2.68 bits per heavy atom. The third-order valence-electron chi connectivity index (χ3n) is 2.28. The Kier molecular flexibility index (Phi) is 6.68.